The van der Waals surface area contributed by atoms with E-state index in [4.69, 9.17) is 9.47 Å². The van der Waals surface area contributed by atoms with Gasteiger partial charge in [0.15, 0.2) is 0 Å². The summed E-state index contributed by atoms with van der Waals surface area (Å²) in [5.41, 5.74) is -0.492. The normalized spacial score (nSPS) is 13.0. The highest BCUT2D eigenvalue weighted by Crippen LogP contribution is 2.08. The molecular weight excluding hydrogens is 222 g/mol. The number of hydrogen-bond acceptors (Lipinski definition) is 5. The lowest BCUT2D eigenvalue weighted by atomic mass is 10.2. The highest BCUT2D eigenvalue weighted by molar-refractivity contribution is 5.76. The van der Waals surface area contributed by atoms with Gasteiger partial charge in [-0.1, -0.05) is 0 Å². The summed E-state index contributed by atoms with van der Waals surface area (Å²) in [5.74, 6) is -0.585. The standard InChI is InChI=1S/C12H23NO4/c1-6-16-10(14)7-8-13-9(2)11(15)17-12(3,4)5/h9,13H,6-8H2,1-5H3. The third-order valence-corrected chi connectivity index (χ3v) is 1.85. The van der Waals surface area contributed by atoms with Crippen LogP contribution in [0.1, 0.15) is 41.0 Å². The molecule has 0 rings (SSSR count). The third kappa shape index (κ3) is 8.68. The van der Waals surface area contributed by atoms with Gasteiger partial charge in [0.05, 0.1) is 13.0 Å². The zero-order valence-electron chi connectivity index (χ0n) is 11.3. The monoisotopic (exact) mass is 245 g/mol. The molecule has 0 bridgehead atoms. The van der Waals surface area contributed by atoms with Crippen LogP contribution in [0.25, 0.3) is 0 Å². The Morgan fingerprint density at radius 2 is 1.88 bits per heavy atom. The van der Waals surface area contributed by atoms with Crippen LogP contribution < -0.4 is 5.32 Å². The third-order valence-electron chi connectivity index (χ3n) is 1.85. The Bertz CT molecular complexity index is 258. The van der Waals surface area contributed by atoms with E-state index in [2.05, 4.69) is 5.32 Å². The molecule has 0 saturated heterocycles. The van der Waals surface area contributed by atoms with Crippen LogP contribution in [-0.4, -0.2) is 36.7 Å². The maximum absolute atomic E-state index is 11.6. The summed E-state index contributed by atoms with van der Waals surface area (Å²) in [7, 11) is 0. The predicted molar refractivity (Wildman–Crippen MR) is 64.6 cm³/mol. The molecule has 0 spiro atoms. The zero-order chi connectivity index (χ0) is 13.5. The molecule has 0 aromatic heterocycles. The first-order chi connectivity index (χ1) is 7.76. The van der Waals surface area contributed by atoms with Gasteiger partial charge in [-0.15, -0.1) is 0 Å². The average molecular weight is 245 g/mol. The van der Waals surface area contributed by atoms with Gasteiger partial charge in [0.1, 0.15) is 11.6 Å². The lowest BCUT2D eigenvalue weighted by Gasteiger charge is -2.22. The average Bonchev–Trinajstić information content (AvgIpc) is 2.15. The second-order valence-electron chi connectivity index (χ2n) is 4.76. The van der Waals surface area contributed by atoms with Crippen molar-refractivity contribution in [3.8, 4) is 0 Å². The lowest BCUT2D eigenvalue weighted by molar-refractivity contribution is -0.157. The molecule has 5 heteroatoms. The molecule has 5 nitrogen and oxygen atoms in total. The number of hydrogen-bond donors (Lipinski definition) is 1. The van der Waals surface area contributed by atoms with Crippen LogP contribution in [0, 0.1) is 0 Å². The van der Waals surface area contributed by atoms with Gasteiger partial charge in [0.2, 0.25) is 0 Å². The molecule has 0 amide bonds. The van der Waals surface area contributed by atoms with Crippen LogP contribution in [-0.2, 0) is 19.1 Å². The van der Waals surface area contributed by atoms with Crippen LogP contribution >= 0.6 is 0 Å². The summed E-state index contributed by atoms with van der Waals surface area (Å²) in [5, 5.41) is 2.92. The fourth-order valence-corrected chi connectivity index (χ4v) is 1.10. The van der Waals surface area contributed by atoms with E-state index in [0.29, 0.717) is 13.2 Å². The molecule has 0 fully saturated rings. The van der Waals surface area contributed by atoms with E-state index >= 15 is 0 Å². The zero-order valence-corrected chi connectivity index (χ0v) is 11.3. The summed E-state index contributed by atoms with van der Waals surface area (Å²) < 4.78 is 9.96. The molecule has 0 aliphatic carbocycles. The topological polar surface area (TPSA) is 64.6 Å². The van der Waals surface area contributed by atoms with Crippen molar-refractivity contribution >= 4 is 11.9 Å². The Labute approximate surface area is 103 Å². The Balaban J connectivity index is 3.82. The summed E-state index contributed by atoms with van der Waals surface area (Å²) in [6.45, 7) is 9.69. The number of esters is 2. The molecule has 0 aromatic carbocycles. The molecule has 17 heavy (non-hydrogen) atoms. The quantitative estimate of drug-likeness (QED) is 0.714. The number of carbonyl (C=O) groups excluding carboxylic acids is 2. The first-order valence-electron chi connectivity index (χ1n) is 5.88. The molecule has 1 N–H and O–H groups in total. The molecule has 1 atom stereocenters. The van der Waals surface area contributed by atoms with Crippen molar-refractivity contribution in [2.45, 2.75) is 52.7 Å². The molecule has 0 heterocycles. The highest BCUT2D eigenvalue weighted by Gasteiger charge is 2.21. The Hall–Kier alpha value is -1.10. The summed E-state index contributed by atoms with van der Waals surface area (Å²) in [4.78, 5) is 22.6. The first kappa shape index (κ1) is 15.9. The molecule has 0 saturated carbocycles. The van der Waals surface area contributed by atoms with E-state index < -0.39 is 11.6 Å². The van der Waals surface area contributed by atoms with Crippen LogP contribution in [0.5, 0.6) is 0 Å². The van der Waals surface area contributed by atoms with Crippen molar-refractivity contribution in [2.75, 3.05) is 13.2 Å². The minimum absolute atomic E-state index is 0.251. The Kier molecular flexibility index (Phi) is 6.80. The summed E-state index contributed by atoms with van der Waals surface area (Å²) in [6, 6.07) is -0.427. The van der Waals surface area contributed by atoms with Crippen molar-refractivity contribution in [1.82, 2.24) is 5.32 Å². The molecular formula is C12H23NO4. The lowest BCUT2D eigenvalue weighted by Crippen LogP contribution is -2.40. The van der Waals surface area contributed by atoms with Gasteiger partial charge in [-0.25, -0.2) is 0 Å². The maximum Gasteiger partial charge on any atom is 0.323 e. The number of nitrogens with one attached hydrogen (secondary N) is 1. The predicted octanol–water partition coefficient (Wildman–Crippen LogP) is 1.26. The van der Waals surface area contributed by atoms with Crippen molar-refractivity contribution in [3.05, 3.63) is 0 Å². The van der Waals surface area contributed by atoms with Gasteiger partial charge < -0.3 is 14.8 Å². The van der Waals surface area contributed by atoms with E-state index in [9.17, 15) is 9.59 Å². The van der Waals surface area contributed by atoms with Crippen LogP contribution in [0.2, 0.25) is 0 Å². The van der Waals surface area contributed by atoms with Crippen molar-refractivity contribution < 1.29 is 19.1 Å². The van der Waals surface area contributed by atoms with Gasteiger partial charge in [-0.05, 0) is 34.6 Å². The number of rotatable bonds is 6. The second kappa shape index (κ2) is 7.27. The number of ether oxygens (including phenoxy) is 2. The van der Waals surface area contributed by atoms with E-state index in [1.807, 2.05) is 20.8 Å². The fraction of sp³-hybridized carbons (Fsp3) is 0.833. The Morgan fingerprint density at radius 1 is 1.29 bits per heavy atom. The largest absolute Gasteiger partial charge is 0.466 e. The smallest absolute Gasteiger partial charge is 0.323 e. The van der Waals surface area contributed by atoms with E-state index in [1.54, 1.807) is 13.8 Å². The van der Waals surface area contributed by atoms with E-state index in [-0.39, 0.29) is 18.4 Å². The van der Waals surface area contributed by atoms with Gasteiger partial charge in [0, 0.05) is 6.54 Å². The van der Waals surface area contributed by atoms with Crippen molar-refractivity contribution in [2.24, 2.45) is 0 Å². The minimum Gasteiger partial charge on any atom is -0.466 e. The van der Waals surface area contributed by atoms with E-state index in [1.165, 1.54) is 0 Å². The summed E-state index contributed by atoms with van der Waals surface area (Å²) in [6.07, 6.45) is 0.251. The maximum atomic E-state index is 11.6. The second-order valence-corrected chi connectivity index (χ2v) is 4.76. The minimum atomic E-state index is -0.492. The van der Waals surface area contributed by atoms with Gasteiger partial charge in [-0.2, -0.15) is 0 Å². The molecule has 0 aliphatic rings. The summed E-state index contributed by atoms with van der Waals surface area (Å²) >= 11 is 0. The SMILES string of the molecule is CCOC(=O)CCNC(C)C(=O)OC(C)(C)C. The Morgan fingerprint density at radius 3 is 2.35 bits per heavy atom. The van der Waals surface area contributed by atoms with Crippen LogP contribution in [0.4, 0.5) is 0 Å². The number of carbonyl (C=O) groups is 2. The molecule has 1 unspecified atom stereocenters. The fourth-order valence-electron chi connectivity index (χ4n) is 1.10. The molecule has 0 radical (unpaired) electrons. The molecule has 100 valence electrons. The molecule has 0 aromatic rings. The molecule has 0 aliphatic heterocycles. The first-order valence-corrected chi connectivity index (χ1v) is 5.88. The van der Waals surface area contributed by atoms with Crippen molar-refractivity contribution in [3.63, 3.8) is 0 Å². The van der Waals surface area contributed by atoms with Crippen molar-refractivity contribution in [1.29, 1.82) is 0 Å². The van der Waals surface area contributed by atoms with Gasteiger partial charge >= 0.3 is 11.9 Å². The van der Waals surface area contributed by atoms with Crippen LogP contribution in [0.15, 0.2) is 0 Å². The van der Waals surface area contributed by atoms with Gasteiger partial charge in [-0.3, -0.25) is 9.59 Å². The highest BCUT2D eigenvalue weighted by atomic mass is 16.6. The van der Waals surface area contributed by atoms with Crippen LogP contribution in [0.3, 0.4) is 0 Å². The van der Waals surface area contributed by atoms with E-state index in [0.717, 1.165) is 0 Å². The van der Waals surface area contributed by atoms with Gasteiger partial charge in [0.25, 0.3) is 0 Å².